The highest BCUT2D eigenvalue weighted by Crippen LogP contribution is 2.33. The predicted molar refractivity (Wildman–Crippen MR) is 105 cm³/mol. The molecule has 0 aliphatic carbocycles. The number of halogens is 1. The summed E-state index contributed by atoms with van der Waals surface area (Å²) in [7, 11) is -1.74. The highest BCUT2D eigenvalue weighted by Gasteiger charge is 2.32. The van der Waals surface area contributed by atoms with Gasteiger partial charge in [0.15, 0.2) is 23.2 Å². The molecule has 0 aliphatic heterocycles. The van der Waals surface area contributed by atoms with Gasteiger partial charge < -0.3 is 20.7 Å². The Kier molecular flexibility index (Phi) is 8.06. The van der Waals surface area contributed by atoms with E-state index in [1.165, 1.54) is 10.9 Å². The summed E-state index contributed by atoms with van der Waals surface area (Å²) in [5.41, 5.74) is 5.54. The SMILES string of the molecule is CCC[P+](=O)OC(C)(C)CCOC([C@H](O)CO)n1cnc2c(Cl)nc(N)nc21. The zero-order chi connectivity index (χ0) is 20.9. The second kappa shape index (κ2) is 9.87. The summed E-state index contributed by atoms with van der Waals surface area (Å²) in [5.74, 6) is -0.0502. The molecule has 2 aromatic rings. The molecule has 12 heteroatoms. The van der Waals surface area contributed by atoms with Crippen LogP contribution >= 0.6 is 19.6 Å². The van der Waals surface area contributed by atoms with Crippen LogP contribution in [0.4, 0.5) is 5.95 Å². The largest absolute Gasteiger partial charge is 0.508 e. The molecule has 0 spiro atoms. The third-order valence-electron chi connectivity index (χ3n) is 3.93. The van der Waals surface area contributed by atoms with E-state index in [2.05, 4.69) is 15.0 Å². The smallest absolute Gasteiger partial charge is 0.394 e. The van der Waals surface area contributed by atoms with Gasteiger partial charge in [-0.15, -0.1) is 4.52 Å². The van der Waals surface area contributed by atoms with E-state index in [1.807, 2.05) is 20.8 Å². The monoisotopic (exact) mass is 434 g/mol. The van der Waals surface area contributed by atoms with E-state index in [4.69, 9.17) is 26.6 Å². The lowest BCUT2D eigenvalue weighted by molar-refractivity contribution is -0.104. The van der Waals surface area contributed by atoms with E-state index in [0.29, 0.717) is 18.1 Å². The Hall–Kier alpha value is -1.42. The first-order chi connectivity index (χ1) is 13.2. The molecule has 4 N–H and O–H groups in total. The Morgan fingerprint density at radius 2 is 2.14 bits per heavy atom. The van der Waals surface area contributed by atoms with Crippen LogP contribution in [0.2, 0.25) is 5.15 Å². The summed E-state index contributed by atoms with van der Waals surface area (Å²) in [6, 6.07) is 0. The van der Waals surface area contributed by atoms with Crippen LogP contribution in [0.1, 0.15) is 39.8 Å². The van der Waals surface area contributed by atoms with E-state index in [0.717, 1.165) is 6.42 Å². The second-order valence-corrected chi connectivity index (χ2v) is 8.52. The van der Waals surface area contributed by atoms with Crippen molar-refractivity contribution in [1.29, 1.82) is 0 Å². The maximum Gasteiger partial charge on any atom is 0.508 e. The molecule has 2 heterocycles. The molecule has 0 aromatic carbocycles. The number of rotatable bonds is 11. The maximum absolute atomic E-state index is 11.9. The summed E-state index contributed by atoms with van der Waals surface area (Å²) < 4.78 is 24.7. The maximum atomic E-state index is 11.9. The molecule has 2 rings (SSSR count). The van der Waals surface area contributed by atoms with Crippen LogP contribution in [0.3, 0.4) is 0 Å². The van der Waals surface area contributed by atoms with Gasteiger partial charge in [0, 0.05) is 6.42 Å². The number of ether oxygens (including phenoxy) is 1. The fourth-order valence-electron chi connectivity index (χ4n) is 2.53. The molecule has 0 aliphatic rings. The minimum absolute atomic E-state index is 0.0502. The van der Waals surface area contributed by atoms with Gasteiger partial charge in [0.05, 0.1) is 19.5 Å². The van der Waals surface area contributed by atoms with Crippen LogP contribution in [0.25, 0.3) is 11.2 Å². The van der Waals surface area contributed by atoms with Crippen LogP contribution in [-0.4, -0.2) is 60.8 Å². The Bertz CT molecular complexity index is 818. The molecule has 2 aromatic heterocycles. The van der Waals surface area contributed by atoms with Crippen LogP contribution < -0.4 is 5.73 Å². The van der Waals surface area contributed by atoms with E-state index in [-0.39, 0.29) is 23.4 Å². The van der Waals surface area contributed by atoms with Crippen LogP contribution in [-0.2, 0) is 13.8 Å². The van der Waals surface area contributed by atoms with Crippen molar-refractivity contribution in [3.05, 3.63) is 11.5 Å². The fraction of sp³-hybridized carbons (Fsp3) is 0.688. The molecule has 0 bridgehead atoms. The van der Waals surface area contributed by atoms with Crippen molar-refractivity contribution < 1.29 is 24.0 Å². The van der Waals surface area contributed by atoms with Crippen molar-refractivity contribution in [3.8, 4) is 0 Å². The van der Waals surface area contributed by atoms with Crippen molar-refractivity contribution in [3.63, 3.8) is 0 Å². The summed E-state index contributed by atoms with van der Waals surface area (Å²) in [4.78, 5) is 12.1. The minimum atomic E-state index is -1.74. The number of imidazole rings is 1. The van der Waals surface area contributed by atoms with Gasteiger partial charge in [0.2, 0.25) is 5.95 Å². The Morgan fingerprint density at radius 1 is 1.43 bits per heavy atom. The number of aliphatic hydroxyl groups is 2. The second-order valence-electron chi connectivity index (χ2n) is 6.87. The van der Waals surface area contributed by atoms with Gasteiger partial charge in [-0.2, -0.15) is 9.97 Å². The van der Waals surface area contributed by atoms with Gasteiger partial charge in [0.1, 0.15) is 17.2 Å². The Morgan fingerprint density at radius 3 is 2.79 bits per heavy atom. The third-order valence-corrected chi connectivity index (χ3v) is 5.71. The summed E-state index contributed by atoms with van der Waals surface area (Å²) in [5, 5.41) is 19.7. The topological polar surface area (TPSA) is 146 Å². The lowest BCUT2D eigenvalue weighted by Gasteiger charge is -2.25. The number of aliphatic hydroxyl groups excluding tert-OH is 2. The summed E-state index contributed by atoms with van der Waals surface area (Å²) in [6.07, 6.45) is 0.835. The molecule has 0 radical (unpaired) electrons. The van der Waals surface area contributed by atoms with E-state index in [1.54, 1.807) is 0 Å². The van der Waals surface area contributed by atoms with Gasteiger partial charge in [-0.1, -0.05) is 18.5 Å². The minimum Gasteiger partial charge on any atom is -0.394 e. The highest BCUT2D eigenvalue weighted by atomic mass is 35.5. The Balaban J connectivity index is 2.14. The van der Waals surface area contributed by atoms with Gasteiger partial charge in [-0.05, 0) is 24.8 Å². The average Bonchev–Trinajstić information content (AvgIpc) is 3.01. The number of nitrogens with two attached hydrogens (primary N) is 1. The zero-order valence-electron chi connectivity index (χ0n) is 16.1. The first-order valence-electron chi connectivity index (χ1n) is 8.88. The van der Waals surface area contributed by atoms with Crippen molar-refractivity contribution in [2.75, 3.05) is 25.1 Å². The molecule has 0 amide bonds. The van der Waals surface area contributed by atoms with E-state index < -0.39 is 32.6 Å². The van der Waals surface area contributed by atoms with Gasteiger partial charge in [0.25, 0.3) is 0 Å². The van der Waals surface area contributed by atoms with Crippen LogP contribution in [0.15, 0.2) is 6.33 Å². The lowest BCUT2D eigenvalue weighted by Crippen LogP contribution is -2.32. The Labute approximate surface area is 168 Å². The molecule has 0 saturated carbocycles. The van der Waals surface area contributed by atoms with Crippen LogP contribution in [0.5, 0.6) is 0 Å². The van der Waals surface area contributed by atoms with Crippen LogP contribution in [0, 0.1) is 0 Å². The van der Waals surface area contributed by atoms with Crippen molar-refractivity contribution in [2.45, 2.75) is 51.5 Å². The zero-order valence-corrected chi connectivity index (χ0v) is 17.7. The molecule has 10 nitrogen and oxygen atoms in total. The number of nitrogens with zero attached hydrogens (tertiary/aromatic N) is 4. The molecular formula is C16H26ClN5O5P+. The first-order valence-corrected chi connectivity index (χ1v) is 10.6. The fourth-order valence-corrected chi connectivity index (χ4v) is 3.84. The van der Waals surface area contributed by atoms with Gasteiger partial charge in [-0.3, -0.25) is 4.57 Å². The lowest BCUT2D eigenvalue weighted by atomic mass is 10.1. The molecule has 0 saturated heterocycles. The van der Waals surface area contributed by atoms with Gasteiger partial charge >= 0.3 is 8.03 Å². The number of fused-ring (bicyclic) bond motifs is 1. The standard InChI is InChI=1S/C16H26ClN5O5P/c1-4-7-28(25)27-16(2,3)5-6-26-14(10(24)8-23)22-9-19-11-12(17)20-15(18)21-13(11)22/h9-10,14,23-24H,4-8H2,1-3H3,(H2,18,20,21)/q+1/t10-,14?/m1/s1. The molecule has 2 unspecified atom stereocenters. The molecule has 28 heavy (non-hydrogen) atoms. The molecular weight excluding hydrogens is 409 g/mol. The van der Waals surface area contributed by atoms with Crippen molar-refractivity contribution >= 4 is 36.7 Å². The van der Waals surface area contributed by atoms with Crippen molar-refractivity contribution in [2.24, 2.45) is 0 Å². The van der Waals surface area contributed by atoms with E-state index >= 15 is 0 Å². The summed E-state index contributed by atoms with van der Waals surface area (Å²) in [6.45, 7) is 5.19. The van der Waals surface area contributed by atoms with E-state index in [9.17, 15) is 14.8 Å². The normalized spacial score (nSPS) is 15.0. The summed E-state index contributed by atoms with van der Waals surface area (Å²) >= 11 is 6.03. The molecule has 156 valence electrons. The highest BCUT2D eigenvalue weighted by molar-refractivity contribution is 7.39. The molecule has 0 fully saturated rings. The quantitative estimate of drug-likeness (QED) is 0.358. The number of nitrogen functional groups attached to an aromatic ring is 1. The number of aromatic nitrogens is 4. The van der Waals surface area contributed by atoms with Gasteiger partial charge in [-0.25, -0.2) is 4.98 Å². The number of hydrogen-bond donors (Lipinski definition) is 3. The molecule has 3 atom stereocenters. The van der Waals surface area contributed by atoms with Crippen molar-refractivity contribution in [1.82, 2.24) is 19.5 Å². The third kappa shape index (κ3) is 5.79. The number of anilines is 1. The average molecular weight is 435 g/mol. The first kappa shape index (κ1) is 22.9. The predicted octanol–water partition coefficient (Wildman–Crippen LogP) is 2.27. The number of hydrogen-bond acceptors (Lipinski definition) is 9.